The van der Waals surface area contributed by atoms with Crippen LogP contribution in [0.1, 0.15) is 26.2 Å². The van der Waals surface area contributed by atoms with E-state index in [1.165, 1.54) is 0 Å². The maximum Gasteiger partial charge on any atom is 0.126 e. The highest BCUT2D eigenvalue weighted by molar-refractivity contribution is 5.60. The Balaban J connectivity index is 2.52. The van der Waals surface area contributed by atoms with Crippen molar-refractivity contribution in [2.75, 3.05) is 19.6 Å². The van der Waals surface area contributed by atoms with E-state index in [0.29, 0.717) is 0 Å². The summed E-state index contributed by atoms with van der Waals surface area (Å²) in [6, 6.07) is 0. The van der Waals surface area contributed by atoms with Crippen molar-refractivity contribution < 1.29 is 4.79 Å². The Labute approximate surface area is 80.6 Å². The summed E-state index contributed by atoms with van der Waals surface area (Å²) in [5.74, 6) is 0. The normalized spacial score (nSPS) is 22.5. The lowest BCUT2D eigenvalue weighted by molar-refractivity contribution is -0.118. The van der Waals surface area contributed by atoms with Crippen LogP contribution in [0.25, 0.3) is 0 Å². The van der Waals surface area contributed by atoms with Crippen LogP contribution in [0.15, 0.2) is 12.7 Å². The summed E-state index contributed by atoms with van der Waals surface area (Å²) in [6.07, 6.45) is 5.85. The topological polar surface area (TPSA) is 20.3 Å². The van der Waals surface area contributed by atoms with Gasteiger partial charge in [-0.15, -0.1) is 6.58 Å². The Bertz CT molecular complexity index is 181. The van der Waals surface area contributed by atoms with Crippen molar-refractivity contribution in [1.29, 1.82) is 0 Å². The molecule has 0 atom stereocenters. The van der Waals surface area contributed by atoms with Gasteiger partial charge in [-0.1, -0.05) is 13.0 Å². The van der Waals surface area contributed by atoms with E-state index in [9.17, 15) is 4.79 Å². The largest absolute Gasteiger partial charge is 0.304 e. The van der Waals surface area contributed by atoms with Gasteiger partial charge in [-0.25, -0.2) is 0 Å². The molecule has 74 valence electrons. The molecular formula is C11H19NO. The number of hydrogen-bond acceptors (Lipinski definition) is 2. The second kappa shape index (κ2) is 4.56. The molecule has 1 aliphatic heterocycles. The molecule has 0 N–H and O–H groups in total. The van der Waals surface area contributed by atoms with Crippen LogP contribution in [0.3, 0.4) is 0 Å². The highest BCUT2D eigenvalue weighted by Gasteiger charge is 2.32. The molecule has 0 saturated carbocycles. The van der Waals surface area contributed by atoms with Crippen molar-refractivity contribution in [2.45, 2.75) is 26.2 Å². The minimum atomic E-state index is -0.0899. The molecule has 0 aromatic heterocycles. The number of hydrogen-bond donors (Lipinski definition) is 0. The zero-order valence-corrected chi connectivity index (χ0v) is 8.46. The third-order valence-electron chi connectivity index (χ3n) is 3.10. The Kier molecular flexibility index (Phi) is 3.67. The fourth-order valence-corrected chi connectivity index (χ4v) is 1.97. The molecule has 0 aliphatic carbocycles. The van der Waals surface area contributed by atoms with E-state index in [0.717, 1.165) is 45.2 Å². The maximum atomic E-state index is 11.0. The van der Waals surface area contributed by atoms with Gasteiger partial charge < -0.3 is 9.69 Å². The quantitative estimate of drug-likeness (QED) is 0.487. The summed E-state index contributed by atoms with van der Waals surface area (Å²) in [6.45, 7) is 9.10. The molecular weight excluding hydrogens is 162 g/mol. The Morgan fingerprint density at radius 1 is 1.46 bits per heavy atom. The average Bonchev–Trinajstić information content (AvgIpc) is 2.19. The average molecular weight is 181 g/mol. The van der Waals surface area contributed by atoms with Gasteiger partial charge in [0.05, 0.1) is 0 Å². The van der Waals surface area contributed by atoms with Gasteiger partial charge in [-0.3, -0.25) is 0 Å². The van der Waals surface area contributed by atoms with Gasteiger partial charge in [0, 0.05) is 5.41 Å². The van der Waals surface area contributed by atoms with Gasteiger partial charge in [0.2, 0.25) is 0 Å². The van der Waals surface area contributed by atoms with Gasteiger partial charge in [0.1, 0.15) is 6.29 Å². The van der Waals surface area contributed by atoms with E-state index >= 15 is 0 Å². The number of aldehydes is 1. The smallest absolute Gasteiger partial charge is 0.126 e. The first-order chi connectivity index (χ1) is 6.26. The van der Waals surface area contributed by atoms with Crippen LogP contribution in [-0.4, -0.2) is 30.8 Å². The molecule has 1 aliphatic rings. The molecule has 0 amide bonds. The number of nitrogens with zero attached hydrogens (tertiary/aromatic N) is 1. The van der Waals surface area contributed by atoms with Crippen LogP contribution in [-0.2, 0) is 4.79 Å². The Morgan fingerprint density at radius 2 is 2.08 bits per heavy atom. The first-order valence-electron chi connectivity index (χ1n) is 5.06. The Hall–Kier alpha value is -0.630. The molecule has 2 nitrogen and oxygen atoms in total. The second-order valence-corrected chi connectivity index (χ2v) is 3.91. The van der Waals surface area contributed by atoms with Crippen molar-refractivity contribution in [3.63, 3.8) is 0 Å². The fraction of sp³-hybridized carbons (Fsp3) is 0.727. The monoisotopic (exact) mass is 181 g/mol. The van der Waals surface area contributed by atoms with E-state index in [4.69, 9.17) is 0 Å². The first kappa shape index (κ1) is 10.5. The third kappa shape index (κ3) is 2.41. The number of rotatable bonds is 4. The van der Waals surface area contributed by atoms with Crippen molar-refractivity contribution >= 4 is 6.29 Å². The molecule has 1 rings (SSSR count). The second-order valence-electron chi connectivity index (χ2n) is 3.91. The summed E-state index contributed by atoms with van der Waals surface area (Å²) >= 11 is 0. The zero-order valence-electron chi connectivity index (χ0n) is 8.46. The molecule has 0 radical (unpaired) electrons. The number of allylic oxidation sites excluding steroid dienone is 1. The summed E-state index contributed by atoms with van der Waals surface area (Å²) in [5.41, 5.74) is -0.0899. The van der Waals surface area contributed by atoms with Gasteiger partial charge >= 0.3 is 0 Å². The summed E-state index contributed by atoms with van der Waals surface area (Å²) in [4.78, 5) is 13.4. The van der Waals surface area contributed by atoms with Crippen molar-refractivity contribution in [3.05, 3.63) is 12.7 Å². The summed E-state index contributed by atoms with van der Waals surface area (Å²) < 4.78 is 0. The van der Waals surface area contributed by atoms with Crippen LogP contribution in [0, 0.1) is 5.41 Å². The van der Waals surface area contributed by atoms with Crippen LogP contribution in [0.4, 0.5) is 0 Å². The number of piperidine rings is 1. The van der Waals surface area contributed by atoms with Gasteiger partial charge in [-0.05, 0) is 38.9 Å². The molecule has 13 heavy (non-hydrogen) atoms. The highest BCUT2D eigenvalue weighted by atomic mass is 16.1. The molecule has 0 aromatic carbocycles. The first-order valence-corrected chi connectivity index (χ1v) is 5.06. The van der Waals surface area contributed by atoms with E-state index in [1.807, 2.05) is 6.08 Å². The molecule has 1 fully saturated rings. The van der Waals surface area contributed by atoms with Crippen LogP contribution < -0.4 is 0 Å². The molecule has 2 heteroatoms. The number of carbonyl (C=O) groups excluding carboxylic acids is 1. The maximum absolute atomic E-state index is 11.0. The lowest BCUT2D eigenvalue weighted by Crippen LogP contribution is -2.40. The van der Waals surface area contributed by atoms with Gasteiger partial charge in [-0.2, -0.15) is 0 Å². The Morgan fingerprint density at radius 3 is 2.46 bits per heavy atom. The summed E-state index contributed by atoms with van der Waals surface area (Å²) in [5, 5.41) is 0. The van der Waals surface area contributed by atoms with E-state index in [2.05, 4.69) is 18.4 Å². The predicted molar refractivity (Wildman–Crippen MR) is 54.7 cm³/mol. The van der Waals surface area contributed by atoms with E-state index in [-0.39, 0.29) is 5.41 Å². The van der Waals surface area contributed by atoms with Gasteiger partial charge in [0.25, 0.3) is 0 Å². The SMILES string of the molecule is C=CCC1(C=O)CCN(CC)CC1. The van der Waals surface area contributed by atoms with E-state index in [1.54, 1.807) is 0 Å². The number of carbonyl (C=O) groups is 1. The van der Waals surface area contributed by atoms with E-state index < -0.39 is 0 Å². The van der Waals surface area contributed by atoms with Crippen LogP contribution in [0.2, 0.25) is 0 Å². The fourth-order valence-electron chi connectivity index (χ4n) is 1.97. The molecule has 1 saturated heterocycles. The standard InChI is InChI=1S/C11H19NO/c1-3-5-11(10-13)6-8-12(4-2)9-7-11/h3,10H,1,4-9H2,2H3. The summed E-state index contributed by atoms with van der Waals surface area (Å²) in [7, 11) is 0. The lowest BCUT2D eigenvalue weighted by Gasteiger charge is -2.37. The van der Waals surface area contributed by atoms with Crippen molar-refractivity contribution in [3.8, 4) is 0 Å². The van der Waals surface area contributed by atoms with Crippen molar-refractivity contribution in [1.82, 2.24) is 4.90 Å². The molecule has 0 aromatic rings. The van der Waals surface area contributed by atoms with Crippen LogP contribution in [0.5, 0.6) is 0 Å². The third-order valence-corrected chi connectivity index (χ3v) is 3.10. The number of likely N-dealkylation sites (tertiary alicyclic amines) is 1. The van der Waals surface area contributed by atoms with Crippen molar-refractivity contribution in [2.24, 2.45) is 5.41 Å². The molecule has 0 spiro atoms. The zero-order chi connectivity index (χ0) is 9.73. The molecule has 1 heterocycles. The highest BCUT2D eigenvalue weighted by Crippen LogP contribution is 2.32. The minimum Gasteiger partial charge on any atom is -0.304 e. The van der Waals surface area contributed by atoms with Gasteiger partial charge in [0.15, 0.2) is 0 Å². The molecule has 0 bridgehead atoms. The minimum absolute atomic E-state index is 0.0899. The lowest BCUT2D eigenvalue weighted by atomic mass is 9.77. The predicted octanol–water partition coefficient (Wildman–Crippen LogP) is 1.86. The molecule has 0 unspecified atom stereocenters. The van der Waals surface area contributed by atoms with Crippen LogP contribution >= 0.6 is 0 Å².